The number of carbonyl (C=O) groups is 1. The monoisotopic (exact) mass is 313 g/mol. The quantitative estimate of drug-likeness (QED) is 0.886. The van der Waals surface area contributed by atoms with Crippen molar-refractivity contribution in [3.63, 3.8) is 0 Å². The molecule has 0 bridgehead atoms. The first-order chi connectivity index (χ1) is 9.38. The lowest BCUT2D eigenvalue weighted by Crippen LogP contribution is -2.14. The van der Waals surface area contributed by atoms with Crippen molar-refractivity contribution in [1.82, 2.24) is 0 Å². The van der Waals surface area contributed by atoms with Gasteiger partial charge in [-0.15, -0.1) is 0 Å². The molecule has 4 nitrogen and oxygen atoms in total. The number of amides is 1. The van der Waals surface area contributed by atoms with Crippen LogP contribution in [0.4, 0.5) is 10.1 Å². The van der Waals surface area contributed by atoms with Crippen LogP contribution in [0.3, 0.4) is 0 Å². The number of anilines is 1. The second-order valence-corrected chi connectivity index (χ2v) is 6.47. The zero-order valence-corrected chi connectivity index (χ0v) is 11.6. The van der Waals surface area contributed by atoms with Gasteiger partial charge in [-0.25, -0.2) is 12.8 Å². The molecule has 0 fully saturated rings. The summed E-state index contributed by atoms with van der Waals surface area (Å²) >= 11 is 0. The van der Waals surface area contributed by atoms with Crippen molar-refractivity contribution < 1.29 is 17.6 Å². The lowest BCUT2D eigenvalue weighted by Gasteiger charge is -2.06. The Bertz CT molecular complexity index is 747. The molecule has 7 heteroatoms. The molecule has 0 spiro atoms. The van der Waals surface area contributed by atoms with Crippen LogP contribution < -0.4 is 5.32 Å². The maximum absolute atomic E-state index is 13.7. The first kappa shape index (κ1) is 14.5. The minimum Gasteiger partial charge on any atom is -0.322 e. The van der Waals surface area contributed by atoms with Gasteiger partial charge in [0.2, 0.25) is 0 Å². The molecule has 0 saturated carbocycles. The van der Waals surface area contributed by atoms with Gasteiger partial charge in [0.1, 0.15) is 5.82 Å². The zero-order valence-electron chi connectivity index (χ0n) is 10.0. The van der Waals surface area contributed by atoms with Gasteiger partial charge in [0.05, 0.1) is 10.5 Å². The number of hydrogen-bond donors (Lipinski definition) is 1. The molecule has 2 aromatic rings. The van der Waals surface area contributed by atoms with Gasteiger partial charge in [-0.05, 0) is 30.3 Å². The average molecular weight is 314 g/mol. The normalized spacial score (nSPS) is 11.1. The molecule has 2 rings (SSSR count). The minimum atomic E-state index is -4.03. The summed E-state index contributed by atoms with van der Waals surface area (Å²) in [6.45, 7) is 0. The summed E-state index contributed by atoms with van der Waals surface area (Å²) in [7, 11) is 1.07. The third-order valence-corrected chi connectivity index (χ3v) is 3.85. The Morgan fingerprint density at radius 3 is 2.30 bits per heavy atom. The van der Waals surface area contributed by atoms with Crippen molar-refractivity contribution in [1.29, 1.82) is 0 Å². The molecule has 0 aliphatic heterocycles. The summed E-state index contributed by atoms with van der Waals surface area (Å²) < 4.78 is 35.9. The van der Waals surface area contributed by atoms with Crippen LogP contribution in [0.1, 0.15) is 10.4 Å². The summed E-state index contributed by atoms with van der Waals surface area (Å²) in [5, 5.41) is 2.50. The van der Waals surface area contributed by atoms with Crippen LogP contribution in [0.5, 0.6) is 0 Å². The van der Waals surface area contributed by atoms with E-state index in [2.05, 4.69) is 5.32 Å². The lowest BCUT2D eigenvalue weighted by atomic mass is 10.2. The molecule has 2 aromatic carbocycles. The summed E-state index contributed by atoms with van der Waals surface area (Å²) in [5.41, 5.74) is 0.240. The first-order valence-corrected chi connectivity index (χ1v) is 7.79. The molecule has 0 radical (unpaired) electrons. The maximum Gasteiger partial charge on any atom is 0.261 e. The van der Waals surface area contributed by atoms with Gasteiger partial charge in [-0.3, -0.25) is 4.79 Å². The van der Waals surface area contributed by atoms with Crippen molar-refractivity contribution >= 4 is 31.3 Å². The molecule has 0 atom stereocenters. The number of hydrogen-bond acceptors (Lipinski definition) is 3. The van der Waals surface area contributed by atoms with Gasteiger partial charge in [-0.1, -0.05) is 18.2 Å². The Morgan fingerprint density at radius 1 is 1.10 bits per heavy atom. The molecule has 0 aliphatic rings. The van der Waals surface area contributed by atoms with E-state index in [-0.39, 0.29) is 5.56 Å². The van der Waals surface area contributed by atoms with Crippen molar-refractivity contribution in [2.45, 2.75) is 4.90 Å². The molecule has 0 unspecified atom stereocenters. The van der Waals surface area contributed by atoms with Crippen molar-refractivity contribution in [2.24, 2.45) is 0 Å². The molecule has 0 saturated heterocycles. The number of benzene rings is 2. The van der Waals surface area contributed by atoms with E-state index < -0.39 is 25.7 Å². The topological polar surface area (TPSA) is 63.2 Å². The second kappa shape index (κ2) is 5.60. The number of rotatable bonds is 3. The van der Waals surface area contributed by atoms with Crippen LogP contribution >= 0.6 is 10.7 Å². The van der Waals surface area contributed by atoms with Gasteiger partial charge in [0.15, 0.2) is 0 Å². The fourth-order valence-corrected chi connectivity index (χ4v) is 2.31. The van der Waals surface area contributed by atoms with Gasteiger partial charge < -0.3 is 5.32 Å². The fourth-order valence-electron chi connectivity index (χ4n) is 1.55. The molecule has 0 aliphatic carbocycles. The zero-order chi connectivity index (χ0) is 14.8. The van der Waals surface area contributed by atoms with Crippen molar-refractivity contribution in [3.8, 4) is 0 Å². The van der Waals surface area contributed by atoms with E-state index in [0.29, 0.717) is 11.8 Å². The number of nitrogens with one attached hydrogen (secondary N) is 1. The highest BCUT2D eigenvalue weighted by Crippen LogP contribution is 2.19. The molecule has 20 heavy (non-hydrogen) atoms. The summed E-state index contributed by atoms with van der Waals surface area (Å²) in [6, 6.07) is 11.4. The summed E-state index contributed by atoms with van der Waals surface area (Å²) in [5.74, 6) is -1.63. The minimum absolute atomic E-state index is 0.266. The Labute approximate surface area is 119 Å². The standard InChI is InChI=1S/C13H9ClFNO3S/c14-20(18,19)10-6-7-11(12(15)8-10)13(17)16-9-4-2-1-3-5-9/h1-8H,(H,16,17). The van der Waals surface area contributed by atoms with Gasteiger partial charge >= 0.3 is 0 Å². The van der Waals surface area contributed by atoms with Crippen LogP contribution in [0.25, 0.3) is 0 Å². The third-order valence-electron chi connectivity index (χ3n) is 2.50. The van der Waals surface area contributed by atoms with Crippen LogP contribution in [0, 0.1) is 5.82 Å². The van der Waals surface area contributed by atoms with E-state index in [9.17, 15) is 17.6 Å². The van der Waals surface area contributed by atoms with E-state index in [0.717, 1.165) is 12.1 Å². The molecule has 0 heterocycles. The fraction of sp³-hybridized carbons (Fsp3) is 0. The highest BCUT2D eigenvalue weighted by atomic mass is 35.7. The number of para-hydroxylation sites is 1. The summed E-state index contributed by atoms with van der Waals surface area (Å²) in [6.07, 6.45) is 0. The van der Waals surface area contributed by atoms with Gasteiger partial charge in [0.25, 0.3) is 15.0 Å². The molecule has 104 valence electrons. The van der Waals surface area contributed by atoms with E-state index >= 15 is 0 Å². The first-order valence-electron chi connectivity index (χ1n) is 5.48. The van der Waals surface area contributed by atoms with E-state index in [1.54, 1.807) is 30.3 Å². The van der Waals surface area contributed by atoms with Crippen LogP contribution in [0.15, 0.2) is 53.4 Å². The van der Waals surface area contributed by atoms with Crippen LogP contribution in [-0.2, 0) is 9.05 Å². The third kappa shape index (κ3) is 3.34. The van der Waals surface area contributed by atoms with Crippen molar-refractivity contribution in [3.05, 3.63) is 59.9 Å². The molecule has 1 amide bonds. The Balaban J connectivity index is 2.28. The largest absolute Gasteiger partial charge is 0.322 e. The number of halogens is 2. The van der Waals surface area contributed by atoms with E-state index in [1.807, 2.05) is 0 Å². The van der Waals surface area contributed by atoms with Gasteiger partial charge in [-0.2, -0.15) is 0 Å². The van der Waals surface area contributed by atoms with E-state index in [4.69, 9.17) is 10.7 Å². The smallest absolute Gasteiger partial charge is 0.261 e. The predicted octanol–water partition coefficient (Wildman–Crippen LogP) is 3.01. The Morgan fingerprint density at radius 2 is 1.75 bits per heavy atom. The lowest BCUT2D eigenvalue weighted by molar-refractivity contribution is 0.102. The van der Waals surface area contributed by atoms with Gasteiger partial charge in [0, 0.05) is 16.4 Å². The average Bonchev–Trinajstić information content (AvgIpc) is 2.38. The van der Waals surface area contributed by atoms with E-state index in [1.165, 1.54) is 0 Å². The van der Waals surface area contributed by atoms with Crippen molar-refractivity contribution in [2.75, 3.05) is 5.32 Å². The highest BCUT2D eigenvalue weighted by Gasteiger charge is 2.17. The number of carbonyl (C=O) groups excluding carboxylic acids is 1. The molecule has 0 aromatic heterocycles. The Hall–Kier alpha value is -1.92. The second-order valence-electron chi connectivity index (χ2n) is 3.90. The Kier molecular flexibility index (Phi) is 4.06. The summed E-state index contributed by atoms with van der Waals surface area (Å²) in [4.78, 5) is 11.5. The molecule has 1 N–H and O–H groups in total. The highest BCUT2D eigenvalue weighted by molar-refractivity contribution is 8.13. The molecular weight excluding hydrogens is 305 g/mol. The maximum atomic E-state index is 13.7. The predicted molar refractivity (Wildman–Crippen MR) is 73.8 cm³/mol. The SMILES string of the molecule is O=C(Nc1ccccc1)c1ccc(S(=O)(=O)Cl)cc1F. The van der Waals surface area contributed by atoms with Crippen LogP contribution in [0.2, 0.25) is 0 Å². The molecular formula is C13H9ClFNO3S. The van der Waals surface area contributed by atoms with Crippen LogP contribution in [-0.4, -0.2) is 14.3 Å².